The zero-order chi connectivity index (χ0) is 17.5. The third-order valence-corrected chi connectivity index (χ3v) is 3.54. The Morgan fingerprint density at radius 3 is 2.75 bits per heavy atom. The minimum atomic E-state index is -0.158. The summed E-state index contributed by atoms with van der Waals surface area (Å²) in [5.74, 6) is 0.980. The van der Waals surface area contributed by atoms with Crippen LogP contribution in [0.15, 0.2) is 36.9 Å². The van der Waals surface area contributed by atoms with Crippen LogP contribution in [0.3, 0.4) is 0 Å². The highest BCUT2D eigenvalue weighted by Gasteiger charge is 2.16. The van der Waals surface area contributed by atoms with Crippen LogP contribution in [0.5, 0.6) is 11.5 Å². The van der Waals surface area contributed by atoms with Crippen molar-refractivity contribution >= 4 is 12.0 Å². The highest BCUT2D eigenvalue weighted by atomic mass is 16.5. The standard InChI is InChI=1S/C18H23N3O3/c1-5-6-14-9-15(10-16(23-3)17(14)24-4)18(22)20-13(2)11-21-8-7-19-12-21/h5-10,12-13H,11H2,1-4H3,(H,20,22)/b6-5+/t13-/m1/s1. The molecule has 0 bridgehead atoms. The second-order valence-electron chi connectivity index (χ2n) is 5.43. The number of rotatable bonds is 7. The van der Waals surface area contributed by atoms with Gasteiger partial charge in [-0.05, 0) is 26.0 Å². The van der Waals surface area contributed by atoms with Crippen molar-refractivity contribution in [2.24, 2.45) is 0 Å². The molecule has 0 aliphatic heterocycles. The van der Waals surface area contributed by atoms with Crippen molar-refractivity contribution in [2.45, 2.75) is 26.4 Å². The number of carbonyl (C=O) groups is 1. The van der Waals surface area contributed by atoms with Gasteiger partial charge in [0, 0.05) is 36.1 Å². The second-order valence-corrected chi connectivity index (χ2v) is 5.43. The van der Waals surface area contributed by atoms with Crippen LogP contribution in [0.2, 0.25) is 0 Å². The normalized spacial score (nSPS) is 12.2. The van der Waals surface area contributed by atoms with Gasteiger partial charge in [0.1, 0.15) is 0 Å². The number of amides is 1. The van der Waals surface area contributed by atoms with Gasteiger partial charge in [0.15, 0.2) is 11.5 Å². The lowest BCUT2D eigenvalue weighted by molar-refractivity contribution is 0.0936. The van der Waals surface area contributed by atoms with E-state index in [1.54, 1.807) is 38.9 Å². The summed E-state index contributed by atoms with van der Waals surface area (Å²) in [5.41, 5.74) is 1.32. The van der Waals surface area contributed by atoms with Gasteiger partial charge in [-0.1, -0.05) is 12.2 Å². The van der Waals surface area contributed by atoms with Gasteiger partial charge in [-0.2, -0.15) is 0 Å². The number of hydrogen-bond donors (Lipinski definition) is 1. The molecule has 1 heterocycles. The summed E-state index contributed by atoms with van der Waals surface area (Å²) in [6.45, 7) is 4.51. The number of imidazole rings is 1. The molecular formula is C18H23N3O3. The average molecular weight is 329 g/mol. The van der Waals surface area contributed by atoms with Gasteiger partial charge in [0.05, 0.1) is 20.5 Å². The van der Waals surface area contributed by atoms with Crippen LogP contribution in [-0.4, -0.2) is 35.7 Å². The number of benzene rings is 1. The molecule has 0 spiro atoms. The number of ether oxygens (including phenoxy) is 2. The fourth-order valence-corrected chi connectivity index (χ4v) is 2.49. The van der Waals surface area contributed by atoms with Crippen molar-refractivity contribution in [1.29, 1.82) is 0 Å². The van der Waals surface area contributed by atoms with E-state index in [1.165, 1.54) is 0 Å². The van der Waals surface area contributed by atoms with Crippen LogP contribution in [-0.2, 0) is 6.54 Å². The first kappa shape index (κ1) is 17.6. The van der Waals surface area contributed by atoms with Gasteiger partial charge in [0.25, 0.3) is 5.91 Å². The lowest BCUT2D eigenvalue weighted by atomic mass is 10.1. The summed E-state index contributed by atoms with van der Waals surface area (Å²) in [5, 5.41) is 2.98. The predicted octanol–water partition coefficient (Wildman–Crippen LogP) is 2.75. The topological polar surface area (TPSA) is 65.4 Å². The molecule has 2 rings (SSSR count). The Hall–Kier alpha value is -2.76. The van der Waals surface area contributed by atoms with Crippen molar-refractivity contribution in [3.05, 3.63) is 48.1 Å². The minimum absolute atomic E-state index is 0.0371. The summed E-state index contributed by atoms with van der Waals surface area (Å²) in [6.07, 6.45) is 9.08. The fraction of sp³-hybridized carbons (Fsp3) is 0.333. The van der Waals surface area contributed by atoms with Crippen LogP contribution in [0, 0.1) is 0 Å². The number of nitrogens with one attached hydrogen (secondary N) is 1. The Kier molecular flexibility index (Phi) is 6.01. The zero-order valence-electron chi connectivity index (χ0n) is 14.4. The molecule has 1 atom stereocenters. The van der Waals surface area contributed by atoms with E-state index < -0.39 is 0 Å². The highest BCUT2D eigenvalue weighted by molar-refractivity contribution is 5.96. The number of carbonyl (C=O) groups excluding carboxylic acids is 1. The smallest absolute Gasteiger partial charge is 0.251 e. The maximum absolute atomic E-state index is 12.6. The van der Waals surface area contributed by atoms with Crippen LogP contribution >= 0.6 is 0 Å². The first-order valence-electron chi connectivity index (χ1n) is 7.74. The first-order valence-corrected chi connectivity index (χ1v) is 7.74. The third-order valence-electron chi connectivity index (χ3n) is 3.54. The molecule has 128 valence electrons. The molecule has 2 aromatic rings. The van der Waals surface area contributed by atoms with Crippen LogP contribution in [0.1, 0.15) is 29.8 Å². The molecule has 0 aliphatic rings. The van der Waals surface area contributed by atoms with Crippen molar-refractivity contribution in [2.75, 3.05) is 14.2 Å². The Morgan fingerprint density at radius 1 is 1.38 bits per heavy atom. The van der Waals surface area contributed by atoms with E-state index in [-0.39, 0.29) is 11.9 Å². The largest absolute Gasteiger partial charge is 0.493 e. The minimum Gasteiger partial charge on any atom is -0.493 e. The van der Waals surface area contributed by atoms with E-state index in [4.69, 9.17) is 9.47 Å². The van der Waals surface area contributed by atoms with Crippen molar-refractivity contribution in [1.82, 2.24) is 14.9 Å². The van der Waals surface area contributed by atoms with Crippen LogP contribution in [0.4, 0.5) is 0 Å². The number of aromatic nitrogens is 2. The van der Waals surface area contributed by atoms with E-state index in [2.05, 4.69) is 10.3 Å². The molecule has 0 radical (unpaired) electrons. The molecule has 1 aromatic carbocycles. The van der Waals surface area contributed by atoms with E-state index in [9.17, 15) is 4.79 Å². The molecule has 0 fully saturated rings. The highest BCUT2D eigenvalue weighted by Crippen LogP contribution is 2.33. The fourth-order valence-electron chi connectivity index (χ4n) is 2.49. The third kappa shape index (κ3) is 4.16. The van der Waals surface area contributed by atoms with Crippen molar-refractivity contribution in [3.63, 3.8) is 0 Å². The molecule has 0 saturated carbocycles. The van der Waals surface area contributed by atoms with Gasteiger partial charge in [-0.25, -0.2) is 4.98 Å². The predicted molar refractivity (Wildman–Crippen MR) is 93.4 cm³/mol. The monoisotopic (exact) mass is 329 g/mol. The van der Waals surface area contributed by atoms with Gasteiger partial charge in [-0.15, -0.1) is 0 Å². The molecule has 0 saturated heterocycles. The van der Waals surface area contributed by atoms with Gasteiger partial charge >= 0.3 is 0 Å². The Balaban J connectivity index is 2.20. The van der Waals surface area contributed by atoms with Crippen molar-refractivity contribution in [3.8, 4) is 11.5 Å². The summed E-state index contributed by atoms with van der Waals surface area (Å²) in [7, 11) is 3.14. The first-order chi connectivity index (χ1) is 11.6. The van der Waals surface area contributed by atoms with Crippen LogP contribution in [0.25, 0.3) is 6.08 Å². The number of hydrogen-bond acceptors (Lipinski definition) is 4. The Labute approximate surface area is 142 Å². The number of allylic oxidation sites excluding steroid dienone is 1. The molecule has 6 nitrogen and oxygen atoms in total. The summed E-state index contributed by atoms with van der Waals surface area (Å²) in [4.78, 5) is 16.5. The Morgan fingerprint density at radius 2 is 2.17 bits per heavy atom. The van der Waals surface area contributed by atoms with Crippen LogP contribution < -0.4 is 14.8 Å². The van der Waals surface area contributed by atoms with Gasteiger partial charge in [0.2, 0.25) is 0 Å². The van der Waals surface area contributed by atoms with Crippen molar-refractivity contribution < 1.29 is 14.3 Å². The molecule has 1 amide bonds. The quantitative estimate of drug-likeness (QED) is 0.848. The average Bonchev–Trinajstić information content (AvgIpc) is 3.06. The lowest BCUT2D eigenvalue weighted by Crippen LogP contribution is -2.35. The zero-order valence-corrected chi connectivity index (χ0v) is 14.4. The van der Waals surface area contributed by atoms with Gasteiger partial charge < -0.3 is 19.4 Å². The Bertz CT molecular complexity index is 709. The second kappa shape index (κ2) is 8.19. The lowest BCUT2D eigenvalue weighted by Gasteiger charge is -2.16. The molecule has 1 N–H and O–H groups in total. The van der Waals surface area contributed by atoms with Gasteiger partial charge in [-0.3, -0.25) is 4.79 Å². The number of methoxy groups -OCH3 is 2. The summed E-state index contributed by atoms with van der Waals surface area (Å²) in [6, 6.07) is 3.44. The maximum Gasteiger partial charge on any atom is 0.251 e. The molecular weight excluding hydrogens is 306 g/mol. The number of nitrogens with zero attached hydrogens (tertiary/aromatic N) is 2. The summed E-state index contributed by atoms with van der Waals surface area (Å²) < 4.78 is 12.7. The molecule has 24 heavy (non-hydrogen) atoms. The molecule has 1 aromatic heterocycles. The summed E-state index contributed by atoms with van der Waals surface area (Å²) >= 11 is 0. The molecule has 6 heteroatoms. The van der Waals surface area contributed by atoms with E-state index >= 15 is 0 Å². The molecule has 0 aliphatic carbocycles. The SMILES string of the molecule is C/C=C/c1cc(C(=O)N[C@H](C)Cn2ccnc2)cc(OC)c1OC. The molecule has 0 unspecified atom stereocenters. The maximum atomic E-state index is 12.6. The van der Waals surface area contributed by atoms with E-state index in [0.717, 1.165) is 5.56 Å². The van der Waals surface area contributed by atoms with E-state index in [1.807, 2.05) is 36.8 Å². The van der Waals surface area contributed by atoms with E-state index in [0.29, 0.717) is 23.6 Å².